The zero-order chi connectivity index (χ0) is 42.9. The number of nitro benzene ring substituents is 1. The van der Waals surface area contributed by atoms with Crippen molar-refractivity contribution in [3.05, 3.63) is 118 Å². The maximum absolute atomic E-state index is 14.1. The van der Waals surface area contributed by atoms with Crippen LogP contribution in [0.3, 0.4) is 0 Å². The maximum atomic E-state index is 14.1. The second kappa shape index (κ2) is 19.9. The van der Waals surface area contributed by atoms with E-state index in [0.717, 1.165) is 42.4 Å². The van der Waals surface area contributed by atoms with Crippen molar-refractivity contribution < 1.29 is 43.7 Å². The number of fused-ring (bicyclic) bond motifs is 2. The Morgan fingerprint density at radius 2 is 1.75 bits per heavy atom. The number of likely N-dealkylation sites (N-methyl/N-ethyl adjacent to an activating group) is 1. The van der Waals surface area contributed by atoms with Gasteiger partial charge in [-0.25, -0.2) is 4.79 Å². The first-order valence-electron chi connectivity index (χ1n) is 21.0. The molecule has 3 aliphatic rings. The number of carbonyl (C=O) groups is 1. The van der Waals surface area contributed by atoms with Gasteiger partial charge in [-0.3, -0.25) is 10.1 Å². The molecule has 60 heavy (non-hydrogen) atoms. The number of allylic oxidation sites excluding steroid dienone is 1. The number of carbonyl (C=O) groups excluding carboxylic acids is 1. The zero-order valence-corrected chi connectivity index (χ0v) is 35.2. The van der Waals surface area contributed by atoms with Gasteiger partial charge in [0.05, 0.1) is 35.8 Å². The topological polar surface area (TPSA) is 162 Å². The molecule has 2 N–H and O–H groups in total. The molecule has 1 amide bonds. The molecular formula is C47H59N3O10. The van der Waals surface area contributed by atoms with E-state index in [1.54, 1.807) is 36.2 Å². The third-order valence-corrected chi connectivity index (χ3v) is 11.5. The SMILES string of the molecule is C=CCO[C@@]12Oc3ccc(Oc4cccc([N+](=O)[O-])c4)cc3[C@H]3[C@H](CCCCO)[C@@H](CCCCO)C=C(C(=NOCc4ccccc4)C[C@@H]1N(C)C(=O)OCC(C)(C)C)[C@H]32. The molecule has 1 fully saturated rings. The van der Waals surface area contributed by atoms with Crippen LogP contribution in [-0.4, -0.2) is 77.1 Å². The van der Waals surface area contributed by atoms with Crippen molar-refractivity contribution in [3.8, 4) is 17.2 Å². The first kappa shape index (κ1) is 44.3. The molecule has 3 aromatic carbocycles. The maximum Gasteiger partial charge on any atom is 0.410 e. The van der Waals surface area contributed by atoms with Crippen molar-refractivity contribution in [1.29, 1.82) is 0 Å². The number of rotatable bonds is 19. The van der Waals surface area contributed by atoms with Crippen LogP contribution in [0.15, 0.2) is 102 Å². The molecule has 6 rings (SSSR count). The van der Waals surface area contributed by atoms with E-state index in [4.69, 9.17) is 28.9 Å². The summed E-state index contributed by atoms with van der Waals surface area (Å²) in [7, 11) is 1.70. The van der Waals surface area contributed by atoms with Crippen LogP contribution < -0.4 is 9.47 Å². The third kappa shape index (κ3) is 10.2. The monoisotopic (exact) mass is 825 g/mol. The van der Waals surface area contributed by atoms with E-state index in [9.17, 15) is 25.1 Å². The van der Waals surface area contributed by atoms with Crippen molar-refractivity contribution in [3.63, 3.8) is 0 Å². The highest BCUT2D eigenvalue weighted by atomic mass is 16.7. The lowest BCUT2D eigenvalue weighted by Crippen LogP contribution is -2.69. The Hall–Kier alpha value is -5.24. The largest absolute Gasteiger partial charge is 0.459 e. The number of aliphatic hydroxyl groups excluding tert-OH is 2. The summed E-state index contributed by atoms with van der Waals surface area (Å²) < 4.78 is 26.4. The quantitative estimate of drug-likeness (QED) is 0.0516. The highest BCUT2D eigenvalue weighted by Gasteiger charge is 2.65. The van der Waals surface area contributed by atoms with Crippen molar-refractivity contribution in [2.24, 2.45) is 28.3 Å². The van der Waals surface area contributed by atoms with Crippen LogP contribution in [0.5, 0.6) is 17.2 Å². The number of hydrogen-bond donors (Lipinski definition) is 2. The summed E-state index contributed by atoms with van der Waals surface area (Å²) in [6.07, 6.45) is 8.01. The van der Waals surface area contributed by atoms with Crippen LogP contribution in [0.1, 0.15) is 82.8 Å². The molecule has 0 radical (unpaired) electrons. The van der Waals surface area contributed by atoms with Crippen LogP contribution in [-0.2, 0) is 20.9 Å². The predicted molar refractivity (Wildman–Crippen MR) is 228 cm³/mol. The van der Waals surface area contributed by atoms with E-state index >= 15 is 0 Å². The number of unbranched alkanes of at least 4 members (excludes halogenated alkanes) is 2. The predicted octanol–water partition coefficient (Wildman–Crippen LogP) is 9.34. The number of nitrogens with zero attached hydrogens (tertiary/aromatic N) is 3. The van der Waals surface area contributed by atoms with E-state index in [2.05, 4.69) is 12.7 Å². The number of aliphatic hydroxyl groups is 2. The molecule has 0 bridgehead atoms. The van der Waals surface area contributed by atoms with Gasteiger partial charge in [0, 0.05) is 44.2 Å². The van der Waals surface area contributed by atoms with Crippen LogP contribution in [0.2, 0.25) is 0 Å². The summed E-state index contributed by atoms with van der Waals surface area (Å²) in [5, 5.41) is 36.2. The number of non-ortho nitro benzene ring substituents is 1. The lowest BCUT2D eigenvalue weighted by molar-refractivity contribution is -0.384. The van der Waals surface area contributed by atoms with Gasteiger partial charge in [0.15, 0.2) is 0 Å². The van der Waals surface area contributed by atoms with Crippen LogP contribution in [0.4, 0.5) is 10.5 Å². The van der Waals surface area contributed by atoms with Gasteiger partial charge in [0.25, 0.3) is 5.69 Å². The average Bonchev–Trinajstić information content (AvgIpc) is 3.23. The molecule has 13 heteroatoms. The molecule has 3 aromatic rings. The highest BCUT2D eigenvalue weighted by Crippen LogP contribution is 2.62. The van der Waals surface area contributed by atoms with Crippen molar-refractivity contribution in [2.75, 3.05) is 33.5 Å². The van der Waals surface area contributed by atoms with Gasteiger partial charge in [-0.05, 0) is 78.3 Å². The molecular weight excluding hydrogens is 767 g/mol. The smallest absolute Gasteiger partial charge is 0.410 e. The summed E-state index contributed by atoms with van der Waals surface area (Å²) >= 11 is 0. The fourth-order valence-electron chi connectivity index (χ4n) is 8.85. The first-order chi connectivity index (χ1) is 28.9. The van der Waals surface area contributed by atoms with E-state index < -0.39 is 28.8 Å². The van der Waals surface area contributed by atoms with Gasteiger partial charge in [-0.1, -0.05) is 87.3 Å². The Morgan fingerprint density at radius 1 is 1.02 bits per heavy atom. The normalized spacial score (nSPS) is 23.7. The van der Waals surface area contributed by atoms with Crippen molar-refractivity contribution in [2.45, 2.75) is 90.1 Å². The molecule has 1 heterocycles. The van der Waals surface area contributed by atoms with Gasteiger partial charge < -0.3 is 38.9 Å². The molecule has 6 atom stereocenters. The fourth-order valence-corrected chi connectivity index (χ4v) is 8.85. The highest BCUT2D eigenvalue weighted by molar-refractivity contribution is 6.03. The molecule has 0 spiro atoms. The molecule has 0 saturated heterocycles. The van der Waals surface area contributed by atoms with E-state index in [1.165, 1.54) is 12.1 Å². The summed E-state index contributed by atoms with van der Waals surface area (Å²) in [6, 6.07) is 20.6. The summed E-state index contributed by atoms with van der Waals surface area (Å²) in [5.74, 6) is -0.900. The van der Waals surface area contributed by atoms with Gasteiger partial charge in [-0.15, -0.1) is 6.58 Å². The van der Waals surface area contributed by atoms with Gasteiger partial charge >= 0.3 is 6.09 Å². The molecule has 1 aliphatic heterocycles. The van der Waals surface area contributed by atoms with Gasteiger partial charge in [0.2, 0.25) is 5.79 Å². The van der Waals surface area contributed by atoms with Crippen LogP contribution in [0.25, 0.3) is 0 Å². The van der Waals surface area contributed by atoms with Gasteiger partial charge in [0.1, 0.15) is 29.9 Å². The summed E-state index contributed by atoms with van der Waals surface area (Å²) in [6.45, 7) is 10.7. The third-order valence-electron chi connectivity index (χ3n) is 11.5. The summed E-state index contributed by atoms with van der Waals surface area (Å²) in [4.78, 5) is 32.9. The zero-order valence-electron chi connectivity index (χ0n) is 35.2. The molecule has 0 unspecified atom stereocenters. The number of amides is 1. The van der Waals surface area contributed by atoms with Crippen LogP contribution >= 0.6 is 0 Å². The second-order valence-corrected chi connectivity index (χ2v) is 17.1. The van der Waals surface area contributed by atoms with Gasteiger partial charge in [-0.2, -0.15) is 0 Å². The Labute approximate surface area is 352 Å². The van der Waals surface area contributed by atoms with Crippen molar-refractivity contribution in [1.82, 2.24) is 4.90 Å². The Bertz CT molecular complexity index is 2010. The molecule has 1 saturated carbocycles. The van der Waals surface area contributed by atoms with E-state index in [-0.39, 0.29) is 68.3 Å². The van der Waals surface area contributed by atoms with Crippen LogP contribution in [0, 0.1) is 33.3 Å². The average molecular weight is 826 g/mol. The minimum atomic E-state index is -1.45. The number of oxime groups is 1. The first-order valence-corrected chi connectivity index (χ1v) is 21.0. The Kier molecular flexibility index (Phi) is 14.7. The minimum absolute atomic E-state index is 0.00482. The minimum Gasteiger partial charge on any atom is -0.459 e. The lowest BCUT2D eigenvalue weighted by atomic mass is 9.55. The molecule has 2 aliphatic carbocycles. The van der Waals surface area contributed by atoms with E-state index in [1.807, 2.05) is 63.2 Å². The standard InChI is InChI=1S/C47H59N3O10/c1-6-25-57-47-42(49(5)45(53)56-31-46(2,3)4)29-40(48-58-30-32-15-8-7-9-16-32)38-26-33(17-10-12-23-51)37(20-11-13-24-52)43(44(38)47)39-28-36(21-22-41(39)60-47)59-35-19-14-18-34(27-35)50(54)55/h6-9,14-16,18-19,21-22,26-28,33,37,42-44,51-52H,1,10-13,17,20,23-25,29-31H2,2-5H3/t33-,37+,42-,43+,44+,47+/m0/s1. The summed E-state index contributed by atoms with van der Waals surface area (Å²) in [5.41, 5.74) is 3.00. The Balaban J connectivity index is 1.55. The second-order valence-electron chi connectivity index (χ2n) is 17.1. The number of hydrogen-bond acceptors (Lipinski definition) is 11. The lowest BCUT2D eigenvalue weighted by Gasteiger charge is -2.59. The number of ether oxygens (including phenoxy) is 4. The fraction of sp³-hybridized carbons (Fsp3) is 0.489. The molecule has 0 aromatic heterocycles. The van der Waals surface area contributed by atoms with E-state index in [0.29, 0.717) is 35.8 Å². The Morgan fingerprint density at radius 3 is 2.45 bits per heavy atom. The number of nitro groups is 1. The van der Waals surface area contributed by atoms with Crippen molar-refractivity contribution >= 4 is 17.5 Å². The number of benzene rings is 3. The molecule has 13 nitrogen and oxygen atoms in total. The molecule has 322 valence electrons.